The van der Waals surface area contributed by atoms with E-state index in [-0.39, 0.29) is 5.76 Å². The van der Waals surface area contributed by atoms with Crippen LogP contribution in [0.4, 0.5) is 5.13 Å². The number of ether oxygens (including phenoxy) is 2. The lowest BCUT2D eigenvalue weighted by Gasteiger charge is -2.02. The number of anilines is 1. The van der Waals surface area contributed by atoms with Gasteiger partial charge >= 0.3 is 5.97 Å². The number of benzene rings is 2. The van der Waals surface area contributed by atoms with Crippen LogP contribution in [0.5, 0.6) is 5.75 Å². The maximum atomic E-state index is 12.1. The molecule has 1 N–H and O–H groups in total. The Balaban J connectivity index is 1.37. The van der Waals surface area contributed by atoms with Gasteiger partial charge in [-0.05, 0) is 37.3 Å². The van der Waals surface area contributed by atoms with Crippen molar-refractivity contribution in [2.45, 2.75) is 6.92 Å². The Kier molecular flexibility index (Phi) is 4.94. The summed E-state index contributed by atoms with van der Waals surface area (Å²) in [5.74, 6) is -0.376. The largest absolute Gasteiger partial charge is 0.494 e. The lowest BCUT2D eigenvalue weighted by atomic mass is 10.2. The highest BCUT2D eigenvalue weighted by Gasteiger charge is 2.16. The molecule has 1 amide bonds. The summed E-state index contributed by atoms with van der Waals surface area (Å²) in [5, 5.41) is 3.85. The maximum Gasteiger partial charge on any atom is 0.374 e. The second-order valence-electron chi connectivity index (χ2n) is 5.85. The molecule has 0 fully saturated rings. The summed E-state index contributed by atoms with van der Waals surface area (Å²) in [5.41, 5.74) is 1.34. The van der Waals surface area contributed by atoms with E-state index < -0.39 is 18.5 Å². The zero-order valence-corrected chi connectivity index (χ0v) is 15.7. The van der Waals surface area contributed by atoms with Crippen LogP contribution in [-0.4, -0.2) is 30.1 Å². The van der Waals surface area contributed by atoms with Crippen LogP contribution < -0.4 is 10.1 Å². The van der Waals surface area contributed by atoms with Gasteiger partial charge in [0.2, 0.25) is 5.76 Å². The average Bonchev–Trinajstić information content (AvgIpc) is 3.29. The van der Waals surface area contributed by atoms with Gasteiger partial charge in [-0.2, -0.15) is 0 Å². The second-order valence-corrected chi connectivity index (χ2v) is 6.88. The van der Waals surface area contributed by atoms with Crippen LogP contribution in [-0.2, 0) is 9.53 Å². The summed E-state index contributed by atoms with van der Waals surface area (Å²) >= 11 is 1.32. The maximum absolute atomic E-state index is 12.1. The highest BCUT2D eigenvalue weighted by molar-refractivity contribution is 7.22. The van der Waals surface area contributed by atoms with Gasteiger partial charge in [-0.25, -0.2) is 9.78 Å². The van der Waals surface area contributed by atoms with E-state index in [0.717, 1.165) is 21.4 Å². The Hall–Kier alpha value is -3.39. The third kappa shape index (κ3) is 3.81. The number of amides is 1. The van der Waals surface area contributed by atoms with Crippen molar-refractivity contribution in [1.29, 1.82) is 0 Å². The van der Waals surface area contributed by atoms with E-state index in [1.807, 2.05) is 43.3 Å². The fraction of sp³-hybridized carbons (Fsp3) is 0.150. The highest BCUT2D eigenvalue weighted by Crippen LogP contribution is 2.29. The fourth-order valence-electron chi connectivity index (χ4n) is 2.65. The number of hydrogen-bond acceptors (Lipinski definition) is 7. The number of nitrogens with one attached hydrogen (secondary N) is 1. The zero-order valence-electron chi connectivity index (χ0n) is 14.9. The Bertz CT molecular complexity index is 1130. The molecule has 2 heterocycles. The molecule has 0 aliphatic heterocycles. The van der Waals surface area contributed by atoms with Crippen LogP contribution in [0.25, 0.3) is 21.2 Å². The van der Waals surface area contributed by atoms with Gasteiger partial charge in [0.1, 0.15) is 11.3 Å². The SMILES string of the molecule is CCOc1ccc2nc(NC(=O)COC(=O)c3cc4ccccc4o3)sc2c1. The molecule has 4 aromatic rings. The molecule has 0 saturated carbocycles. The van der Waals surface area contributed by atoms with E-state index in [4.69, 9.17) is 13.9 Å². The molecule has 0 unspecified atom stereocenters. The number of thiazole rings is 1. The van der Waals surface area contributed by atoms with Crippen LogP contribution in [0.1, 0.15) is 17.5 Å². The Morgan fingerprint density at radius 1 is 1.18 bits per heavy atom. The Morgan fingerprint density at radius 3 is 2.86 bits per heavy atom. The third-order valence-corrected chi connectivity index (χ3v) is 4.81. The number of furan rings is 1. The molecular formula is C20H16N2O5S. The lowest BCUT2D eigenvalue weighted by Crippen LogP contribution is -2.20. The van der Waals surface area contributed by atoms with Gasteiger partial charge in [-0.1, -0.05) is 29.5 Å². The first kappa shape index (κ1) is 18.0. The van der Waals surface area contributed by atoms with Gasteiger partial charge in [-0.3, -0.25) is 10.1 Å². The molecule has 2 aromatic heterocycles. The fourth-order valence-corrected chi connectivity index (χ4v) is 3.57. The summed E-state index contributed by atoms with van der Waals surface area (Å²) in [4.78, 5) is 28.5. The highest BCUT2D eigenvalue weighted by atomic mass is 32.1. The molecule has 8 heteroatoms. The predicted octanol–water partition coefficient (Wildman–Crippen LogP) is 4.24. The summed E-state index contributed by atoms with van der Waals surface area (Å²) in [6, 6.07) is 14.3. The molecule has 142 valence electrons. The van der Waals surface area contributed by atoms with Crippen molar-refractivity contribution < 1.29 is 23.5 Å². The number of para-hydroxylation sites is 1. The molecular weight excluding hydrogens is 380 g/mol. The van der Waals surface area contributed by atoms with Crippen molar-refractivity contribution in [1.82, 2.24) is 4.98 Å². The number of hydrogen-bond donors (Lipinski definition) is 1. The molecule has 2 aromatic carbocycles. The third-order valence-electron chi connectivity index (χ3n) is 3.88. The standard InChI is InChI=1S/C20H16N2O5S/c1-2-25-13-7-8-14-17(10-13)28-20(21-14)22-18(23)11-26-19(24)16-9-12-5-3-4-6-15(12)27-16/h3-10H,2,11H2,1H3,(H,21,22,23). The molecule has 0 radical (unpaired) electrons. The topological polar surface area (TPSA) is 90.7 Å². The quantitative estimate of drug-likeness (QED) is 0.490. The Morgan fingerprint density at radius 2 is 2.04 bits per heavy atom. The monoisotopic (exact) mass is 396 g/mol. The normalized spacial score (nSPS) is 10.9. The minimum atomic E-state index is -0.697. The van der Waals surface area contributed by atoms with Gasteiger partial charge in [0, 0.05) is 5.39 Å². The van der Waals surface area contributed by atoms with Gasteiger partial charge in [0.25, 0.3) is 5.91 Å². The molecule has 28 heavy (non-hydrogen) atoms. The number of carbonyl (C=O) groups excluding carboxylic acids is 2. The molecule has 0 spiro atoms. The number of aromatic nitrogens is 1. The lowest BCUT2D eigenvalue weighted by molar-refractivity contribution is -0.119. The van der Waals surface area contributed by atoms with Crippen molar-refractivity contribution in [3.05, 3.63) is 54.3 Å². The second kappa shape index (κ2) is 7.69. The number of nitrogens with zero attached hydrogens (tertiary/aromatic N) is 1. The molecule has 0 aliphatic rings. The van der Waals surface area contributed by atoms with Crippen LogP contribution >= 0.6 is 11.3 Å². The summed E-state index contributed by atoms with van der Waals surface area (Å²) in [6.45, 7) is 2.05. The number of rotatable bonds is 6. The van der Waals surface area contributed by atoms with Gasteiger partial charge in [0.15, 0.2) is 11.7 Å². The summed E-state index contributed by atoms with van der Waals surface area (Å²) in [6.07, 6.45) is 0. The van der Waals surface area contributed by atoms with Gasteiger partial charge in [-0.15, -0.1) is 0 Å². The van der Waals surface area contributed by atoms with E-state index in [9.17, 15) is 9.59 Å². The number of fused-ring (bicyclic) bond motifs is 2. The zero-order chi connectivity index (χ0) is 19.5. The first-order valence-electron chi connectivity index (χ1n) is 8.61. The minimum Gasteiger partial charge on any atom is -0.494 e. The molecule has 0 aliphatic carbocycles. The molecule has 0 saturated heterocycles. The van der Waals surface area contributed by atoms with E-state index in [1.54, 1.807) is 12.1 Å². The first-order chi connectivity index (χ1) is 13.6. The van der Waals surface area contributed by atoms with Crippen molar-refractivity contribution in [3.8, 4) is 5.75 Å². The van der Waals surface area contributed by atoms with Crippen molar-refractivity contribution >= 4 is 49.5 Å². The van der Waals surface area contributed by atoms with Crippen LogP contribution in [0.2, 0.25) is 0 Å². The summed E-state index contributed by atoms with van der Waals surface area (Å²) in [7, 11) is 0. The number of carbonyl (C=O) groups is 2. The van der Waals surface area contributed by atoms with E-state index in [1.165, 1.54) is 11.3 Å². The molecule has 0 atom stereocenters. The van der Waals surface area contributed by atoms with Gasteiger partial charge < -0.3 is 13.9 Å². The molecule has 4 rings (SSSR count). The predicted molar refractivity (Wildman–Crippen MR) is 106 cm³/mol. The average molecular weight is 396 g/mol. The van der Waals surface area contributed by atoms with E-state index in [0.29, 0.717) is 17.3 Å². The first-order valence-corrected chi connectivity index (χ1v) is 9.43. The Labute approximate surface area is 163 Å². The van der Waals surface area contributed by atoms with Gasteiger partial charge in [0.05, 0.1) is 16.8 Å². The van der Waals surface area contributed by atoms with Crippen LogP contribution in [0.3, 0.4) is 0 Å². The molecule has 7 nitrogen and oxygen atoms in total. The van der Waals surface area contributed by atoms with E-state index in [2.05, 4.69) is 10.3 Å². The van der Waals surface area contributed by atoms with Crippen LogP contribution in [0, 0.1) is 0 Å². The smallest absolute Gasteiger partial charge is 0.374 e. The molecule has 0 bridgehead atoms. The van der Waals surface area contributed by atoms with Crippen molar-refractivity contribution in [2.75, 3.05) is 18.5 Å². The summed E-state index contributed by atoms with van der Waals surface area (Å²) < 4.78 is 16.8. The van der Waals surface area contributed by atoms with Crippen molar-refractivity contribution in [3.63, 3.8) is 0 Å². The van der Waals surface area contributed by atoms with Crippen molar-refractivity contribution in [2.24, 2.45) is 0 Å². The van der Waals surface area contributed by atoms with Crippen LogP contribution in [0.15, 0.2) is 52.9 Å². The minimum absolute atomic E-state index is 0.0532. The van der Waals surface area contributed by atoms with E-state index >= 15 is 0 Å². The number of esters is 1.